The lowest BCUT2D eigenvalue weighted by Gasteiger charge is -2.36. The Kier molecular flexibility index (Phi) is 9.17. The van der Waals surface area contributed by atoms with E-state index in [9.17, 15) is 4.79 Å². The Morgan fingerprint density at radius 1 is 0.821 bits per heavy atom. The summed E-state index contributed by atoms with van der Waals surface area (Å²) in [5.74, 6) is 2.94. The van der Waals surface area contributed by atoms with Crippen LogP contribution in [0, 0.1) is 0 Å². The van der Waals surface area contributed by atoms with E-state index in [1.54, 1.807) is 18.9 Å². The Bertz CT molecular complexity index is 1320. The van der Waals surface area contributed by atoms with E-state index in [2.05, 4.69) is 68.2 Å². The van der Waals surface area contributed by atoms with Crippen molar-refractivity contribution in [2.45, 2.75) is 30.8 Å². The Morgan fingerprint density at radius 3 is 2.21 bits per heavy atom. The fourth-order valence-corrected chi connectivity index (χ4v) is 5.80. The number of hydrogen-bond donors (Lipinski definition) is 0. The van der Waals surface area contributed by atoms with Gasteiger partial charge in [0.25, 0.3) is 0 Å². The minimum absolute atomic E-state index is 0.256. The van der Waals surface area contributed by atoms with Gasteiger partial charge < -0.3 is 14.5 Å². The van der Waals surface area contributed by atoms with Crippen LogP contribution in [-0.4, -0.2) is 64.6 Å². The number of thioether (sulfide) groups is 1. The number of amides is 1. The number of para-hydroxylation sites is 1. The Morgan fingerprint density at radius 2 is 1.51 bits per heavy atom. The van der Waals surface area contributed by atoms with Gasteiger partial charge in [-0.15, -0.1) is 10.2 Å². The molecule has 1 aliphatic rings. The zero-order chi connectivity index (χ0) is 26.9. The number of benzene rings is 3. The van der Waals surface area contributed by atoms with Gasteiger partial charge in [0, 0.05) is 56.1 Å². The maximum atomic E-state index is 12.8. The van der Waals surface area contributed by atoms with Crippen LogP contribution in [0.5, 0.6) is 5.75 Å². The molecule has 0 radical (unpaired) electrons. The molecule has 0 spiro atoms. The molecule has 0 aliphatic carbocycles. The molecule has 1 saturated heterocycles. The third-order valence-electron chi connectivity index (χ3n) is 7.01. The molecule has 4 aromatic rings. The van der Waals surface area contributed by atoms with Gasteiger partial charge in [0.05, 0.1) is 7.11 Å². The van der Waals surface area contributed by atoms with Crippen LogP contribution in [0.4, 0.5) is 5.69 Å². The maximum absolute atomic E-state index is 12.8. The lowest BCUT2D eigenvalue weighted by Crippen LogP contribution is -2.48. The highest BCUT2D eigenvalue weighted by Crippen LogP contribution is 2.25. The average Bonchev–Trinajstić information content (AvgIpc) is 3.40. The van der Waals surface area contributed by atoms with Crippen molar-refractivity contribution in [2.24, 2.45) is 0 Å². The standard InChI is InChI=1S/C31H35N5O2S/c1-38-28-17-15-26(16-18-28)34-19-21-35(22-20-34)30(37)14-8-9-23-39-31-33-32-29(24-25-10-4-2-5-11-25)36(31)27-12-6-3-7-13-27/h2-7,10-13,15-18H,8-9,14,19-24H2,1H3. The summed E-state index contributed by atoms with van der Waals surface area (Å²) >= 11 is 1.71. The van der Waals surface area contributed by atoms with Crippen molar-refractivity contribution in [3.8, 4) is 11.4 Å². The predicted molar refractivity (Wildman–Crippen MR) is 157 cm³/mol. The van der Waals surface area contributed by atoms with E-state index >= 15 is 0 Å². The fourth-order valence-electron chi connectivity index (χ4n) is 4.83. The molecule has 3 aromatic carbocycles. The summed E-state index contributed by atoms with van der Waals surface area (Å²) in [5, 5.41) is 9.96. The van der Waals surface area contributed by atoms with Crippen molar-refractivity contribution in [3.05, 3.63) is 96.3 Å². The number of rotatable bonds is 11. The van der Waals surface area contributed by atoms with Gasteiger partial charge in [-0.25, -0.2) is 0 Å². The summed E-state index contributed by atoms with van der Waals surface area (Å²) in [6.45, 7) is 3.25. The first kappa shape index (κ1) is 26.8. The first-order valence-electron chi connectivity index (χ1n) is 13.5. The molecule has 0 bridgehead atoms. The molecule has 1 aromatic heterocycles. The van der Waals surface area contributed by atoms with Gasteiger partial charge in [-0.2, -0.15) is 0 Å². The monoisotopic (exact) mass is 541 g/mol. The normalized spacial score (nSPS) is 13.5. The van der Waals surface area contributed by atoms with Gasteiger partial charge in [-0.1, -0.05) is 60.3 Å². The Balaban J connectivity index is 1.09. The van der Waals surface area contributed by atoms with Crippen LogP contribution >= 0.6 is 11.8 Å². The van der Waals surface area contributed by atoms with Crippen LogP contribution < -0.4 is 9.64 Å². The summed E-state index contributed by atoms with van der Waals surface area (Å²) in [4.78, 5) is 17.2. The van der Waals surface area contributed by atoms with Crippen LogP contribution in [0.1, 0.15) is 30.7 Å². The molecule has 202 valence electrons. The Labute approximate surface area is 234 Å². The van der Waals surface area contributed by atoms with Gasteiger partial charge in [0.1, 0.15) is 11.6 Å². The molecule has 7 nitrogen and oxygen atoms in total. The molecule has 8 heteroatoms. The minimum Gasteiger partial charge on any atom is -0.497 e. The summed E-state index contributed by atoms with van der Waals surface area (Å²) in [5.41, 5.74) is 3.46. The van der Waals surface area contributed by atoms with Crippen LogP contribution in [0.3, 0.4) is 0 Å². The maximum Gasteiger partial charge on any atom is 0.222 e. The quantitative estimate of drug-likeness (QED) is 0.185. The van der Waals surface area contributed by atoms with E-state index in [-0.39, 0.29) is 5.91 Å². The third kappa shape index (κ3) is 7.00. The molecule has 39 heavy (non-hydrogen) atoms. The molecule has 2 heterocycles. The van der Waals surface area contributed by atoms with Crippen molar-refractivity contribution in [1.29, 1.82) is 0 Å². The molecule has 1 fully saturated rings. The number of aromatic nitrogens is 3. The zero-order valence-corrected chi connectivity index (χ0v) is 23.2. The molecule has 0 saturated carbocycles. The van der Waals surface area contributed by atoms with Gasteiger partial charge in [-0.3, -0.25) is 9.36 Å². The first-order valence-corrected chi connectivity index (χ1v) is 14.5. The number of carbonyl (C=O) groups excluding carboxylic acids is 1. The van der Waals surface area contributed by atoms with E-state index in [0.717, 1.165) is 73.6 Å². The summed E-state index contributed by atoms with van der Waals surface area (Å²) < 4.78 is 7.41. The van der Waals surface area contributed by atoms with Crippen molar-refractivity contribution >= 4 is 23.4 Å². The van der Waals surface area contributed by atoms with E-state index in [4.69, 9.17) is 4.74 Å². The van der Waals surface area contributed by atoms with Gasteiger partial charge in [0.2, 0.25) is 5.91 Å². The number of anilines is 1. The molecule has 5 rings (SSSR count). The van der Waals surface area contributed by atoms with Crippen LogP contribution in [0.25, 0.3) is 5.69 Å². The average molecular weight is 542 g/mol. The Hall–Kier alpha value is -3.78. The minimum atomic E-state index is 0.256. The molecule has 1 amide bonds. The second-order valence-corrected chi connectivity index (χ2v) is 10.7. The second kappa shape index (κ2) is 13.3. The highest BCUT2D eigenvalue weighted by Gasteiger charge is 2.21. The van der Waals surface area contributed by atoms with Gasteiger partial charge in [-0.05, 0) is 54.8 Å². The molecular formula is C31H35N5O2S. The smallest absolute Gasteiger partial charge is 0.222 e. The SMILES string of the molecule is COc1ccc(N2CCN(C(=O)CCCCSc3nnc(Cc4ccccc4)n3-c3ccccc3)CC2)cc1. The van der Waals surface area contributed by atoms with Crippen molar-refractivity contribution in [3.63, 3.8) is 0 Å². The summed E-state index contributed by atoms with van der Waals surface area (Å²) in [6.07, 6.45) is 3.15. The number of carbonyl (C=O) groups is 1. The van der Waals surface area contributed by atoms with Crippen LogP contribution in [0.2, 0.25) is 0 Å². The number of unbranched alkanes of at least 4 members (excludes halogenated alkanes) is 1. The lowest BCUT2D eigenvalue weighted by atomic mass is 10.1. The lowest BCUT2D eigenvalue weighted by molar-refractivity contribution is -0.131. The number of nitrogens with zero attached hydrogens (tertiary/aromatic N) is 5. The van der Waals surface area contributed by atoms with Gasteiger partial charge >= 0.3 is 0 Å². The van der Waals surface area contributed by atoms with Crippen molar-refractivity contribution < 1.29 is 9.53 Å². The van der Waals surface area contributed by atoms with E-state index in [0.29, 0.717) is 6.42 Å². The molecule has 0 unspecified atom stereocenters. The zero-order valence-electron chi connectivity index (χ0n) is 22.4. The van der Waals surface area contributed by atoms with Gasteiger partial charge in [0.15, 0.2) is 5.16 Å². The highest BCUT2D eigenvalue weighted by atomic mass is 32.2. The summed E-state index contributed by atoms with van der Waals surface area (Å²) in [7, 11) is 1.68. The number of methoxy groups -OCH3 is 1. The molecule has 1 aliphatic heterocycles. The fraction of sp³-hybridized carbons (Fsp3) is 0.323. The van der Waals surface area contributed by atoms with Crippen LogP contribution in [0.15, 0.2) is 90.1 Å². The van der Waals surface area contributed by atoms with E-state index in [1.165, 1.54) is 11.3 Å². The molecule has 0 N–H and O–H groups in total. The van der Waals surface area contributed by atoms with Crippen molar-refractivity contribution in [2.75, 3.05) is 43.9 Å². The van der Waals surface area contributed by atoms with Crippen LogP contribution in [-0.2, 0) is 11.2 Å². The van der Waals surface area contributed by atoms with Crippen molar-refractivity contribution in [1.82, 2.24) is 19.7 Å². The number of hydrogen-bond acceptors (Lipinski definition) is 6. The number of ether oxygens (including phenoxy) is 1. The molecular weight excluding hydrogens is 506 g/mol. The molecule has 0 atom stereocenters. The topological polar surface area (TPSA) is 63.5 Å². The first-order chi connectivity index (χ1) is 19.2. The highest BCUT2D eigenvalue weighted by molar-refractivity contribution is 7.99. The van der Waals surface area contributed by atoms with E-state index < -0.39 is 0 Å². The summed E-state index contributed by atoms with van der Waals surface area (Å²) in [6, 6.07) is 28.8. The largest absolute Gasteiger partial charge is 0.497 e. The predicted octanol–water partition coefficient (Wildman–Crippen LogP) is 5.48. The van der Waals surface area contributed by atoms with E-state index in [1.807, 2.05) is 41.3 Å². The third-order valence-corrected chi connectivity index (χ3v) is 8.02. The number of piperazine rings is 1. The second-order valence-electron chi connectivity index (χ2n) is 9.60.